The third kappa shape index (κ3) is 10.8. The topological polar surface area (TPSA) is 0 Å². The highest BCUT2D eigenvalue weighted by atomic mass is 35.5. The van der Waals surface area contributed by atoms with Crippen molar-refractivity contribution in [1.29, 1.82) is 0 Å². The predicted octanol–water partition coefficient (Wildman–Crippen LogP) is 3.72. The Bertz CT molecular complexity index is 91.6. The van der Waals surface area contributed by atoms with Crippen LogP contribution in [0.5, 0.6) is 0 Å². The van der Waals surface area contributed by atoms with Gasteiger partial charge in [-0.25, -0.2) is 0 Å². The fourth-order valence-electron chi connectivity index (χ4n) is 1.05. The number of unbranched alkanes of at least 4 members (excludes halogenated alkanes) is 5. The molecule has 0 radical (unpaired) electrons. The van der Waals surface area contributed by atoms with Gasteiger partial charge in [-0.1, -0.05) is 32.6 Å². The molecule has 0 bridgehead atoms. The summed E-state index contributed by atoms with van der Waals surface area (Å²) in [6, 6.07) is 0. The van der Waals surface area contributed by atoms with Crippen molar-refractivity contribution in [3.63, 3.8) is 0 Å². The Morgan fingerprint density at radius 2 is 1.91 bits per heavy atom. The van der Waals surface area contributed by atoms with E-state index in [0.29, 0.717) is 0 Å². The van der Waals surface area contributed by atoms with Crippen LogP contribution in [0.25, 0.3) is 0 Å². The van der Waals surface area contributed by atoms with Gasteiger partial charge >= 0.3 is 19.3 Å². The monoisotopic (exact) mass is 184 g/mol. The Kier molecular flexibility index (Phi) is 11.6. The molecule has 0 heterocycles. The summed E-state index contributed by atoms with van der Waals surface area (Å²) in [6.07, 6.45) is 10.4. The molecule has 0 aromatic heterocycles. The van der Waals surface area contributed by atoms with Crippen molar-refractivity contribution >= 4 is 28.3 Å². The molecule has 0 aliphatic heterocycles. The zero-order valence-corrected chi connectivity index (χ0v) is 9.65. The zero-order valence-electron chi connectivity index (χ0n) is 7.48. The van der Waals surface area contributed by atoms with Crippen LogP contribution in [-0.4, -0.2) is 19.3 Å². The molecule has 0 amide bonds. The molecule has 0 aromatic rings. The minimum absolute atomic E-state index is 0.338. The Morgan fingerprint density at radius 3 is 2.55 bits per heavy atom. The summed E-state index contributed by atoms with van der Waals surface area (Å²) in [5.41, 5.74) is 0. The van der Waals surface area contributed by atoms with E-state index >= 15 is 0 Å². The normalized spacial score (nSPS) is 10.4. The van der Waals surface area contributed by atoms with Gasteiger partial charge < -0.3 is 9.07 Å². The second kappa shape index (κ2) is 10.8. The van der Waals surface area contributed by atoms with E-state index < -0.39 is 0 Å². The average molecular weight is 185 g/mol. The molecule has 0 saturated heterocycles. The maximum atomic E-state index is 5.62. The average Bonchev–Trinajstić information content (AvgIpc) is 2.03. The fraction of sp³-hybridized carbons (Fsp3) is 0.778. The van der Waals surface area contributed by atoms with Crippen LogP contribution in [-0.2, 0) is 0 Å². The van der Waals surface area contributed by atoms with E-state index in [0.717, 1.165) is 0 Å². The molecule has 0 aliphatic carbocycles. The van der Waals surface area contributed by atoms with E-state index in [1.54, 1.807) is 0 Å². The van der Waals surface area contributed by atoms with Crippen LogP contribution in [0.4, 0.5) is 0 Å². The molecular formula is C9H17ClMg. The second-order valence-corrected chi connectivity index (χ2v) is 4.53. The summed E-state index contributed by atoms with van der Waals surface area (Å²) in [5.74, 6) is 0. The molecule has 0 aliphatic rings. The molecular weight excluding hydrogens is 168 g/mol. The first-order valence-corrected chi connectivity index (χ1v) is 7.58. The molecule has 0 N–H and O–H groups in total. The Hall–Kier alpha value is 0.796. The quantitative estimate of drug-likeness (QED) is 0.418. The van der Waals surface area contributed by atoms with Crippen LogP contribution in [0.1, 0.15) is 45.4 Å². The molecule has 62 valence electrons. The molecule has 0 saturated carbocycles. The summed E-state index contributed by atoms with van der Waals surface area (Å²) in [6.45, 7) is 2.25. The molecule has 0 fully saturated rings. The maximum absolute atomic E-state index is 5.62. The minimum Gasteiger partial charge on any atom is -0.336 e. The van der Waals surface area contributed by atoms with Crippen molar-refractivity contribution < 1.29 is 0 Å². The molecule has 0 aromatic carbocycles. The molecule has 0 atom stereocenters. The van der Waals surface area contributed by atoms with Crippen molar-refractivity contribution in [2.75, 3.05) is 0 Å². The lowest BCUT2D eigenvalue weighted by Crippen LogP contribution is -1.76. The van der Waals surface area contributed by atoms with Crippen LogP contribution < -0.4 is 0 Å². The van der Waals surface area contributed by atoms with Crippen LogP contribution in [0, 0.1) is 0 Å². The van der Waals surface area contributed by atoms with Crippen molar-refractivity contribution in [1.82, 2.24) is 0 Å². The molecule has 2 heteroatoms. The van der Waals surface area contributed by atoms with Gasteiger partial charge in [-0.05, 0) is 12.8 Å². The van der Waals surface area contributed by atoms with E-state index in [2.05, 4.69) is 17.2 Å². The van der Waals surface area contributed by atoms with Gasteiger partial charge in [0.25, 0.3) is 0 Å². The van der Waals surface area contributed by atoms with E-state index in [1.165, 1.54) is 38.5 Å². The first kappa shape index (κ1) is 11.8. The molecule has 11 heavy (non-hydrogen) atoms. The highest BCUT2D eigenvalue weighted by Crippen LogP contribution is 2.04. The van der Waals surface area contributed by atoms with E-state index in [-0.39, 0.29) is 19.3 Å². The predicted molar refractivity (Wildman–Crippen MR) is 54.1 cm³/mol. The van der Waals surface area contributed by atoms with Gasteiger partial charge in [0.1, 0.15) is 0 Å². The summed E-state index contributed by atoms with van der Waals surface area (Å²) >= 11 is -0.338. The molecule has 0 unspecified atom stereocenters. The molecule has 0 nitrogen and oxygen atoms in total. The molecule has 0 spiro atoms. The summed E-state index contributed by atoms with van der Waals surface area (Å²) < 4.78 is 2.17. The van der Waals surface area contributed by atoms with Crippen LogP contribution >= 0.6 is 9.07 Å². The number of hydrogen-bond acceptors (Lipinski definition) is 0. The number of rotatable bonds is 7. The SMILES string of the molecule is CCCCCCCC=[CH][Mg][Cl]. The van der Waals surface area contributed by atoms with Crippen LogP contribution in [0.15, 0.2) is 10.3 Å². The van der Waals surface area contributed by atoms with Gasteiger partial charge in [0, 0.05) is 0 Å². The van der Waals surface area contributed by atoms with Gasteiger partial charge in [0.2, 0.25) is 0 Å². The first-order valence-electron chi connectivity index (χ1n) is 4.62. The van der Waals surface area contributed by atoms with Crippen molar-refractivity contribution in [2.24, 2.45) is 0 Å². The first-order chi connectivity index (χ1) is 5.41. The van der Waals surface area contributed by atoms with Gasteiger partial charge in [-0.2, -0.15) is 4.21 Å². The zero-order chi connectivity index (χ0) is 8.36. The van der Waals surface area contributed by atoms with Crippen molar-refractivity contribution in [3.8, 4) is 0 Å². The summed E-state index contributed by atoms with van der Waals surface area (Å²) in [7, 11) is 5.62. The number of allylic oxidation sites excluding steroid dienone is 1. The Balaban J connectivity index is 2.85. The lowest BCUT2D eigenvalue weighted by Gasteiger charge is -1.95. The number of halogens is 1. The van der Waals surface area contributed by atoms with E-state index in [4.69, 9.17) is 9.07 Å². The maximum Gasteiger partial charge on any atom is 0.530 e. The third-order valence-corrected chi connectivity index (χ3v) is 2.78. The largest absolute Gasteiger partial charge is 0.530 e. The van der Waals surface area contributed by atoms with E-state index in [1.807, 2.05) is 0 Å². The van der Waals surface area contributed by atoms with Gasteiger partial charge in [-0.3, -0.25) is 0 Å². The van der Waals surface area contributed by atoms with Crippen molar-refractivity contribution in [2.45, 2.75) is 45.4 Å². The van der Waals surface area contributed by atoms with Crippen LogP contribution in [0.3, 0.4) is 0 Å². The fourth-order valence-corrected chi connectivity index (χ4v) is 1.79. The van der Waals surface area contributed by atoms with Gasteiger partial charge in [0.05, 0.1) is 0 Å². The minimum atomic E-state index is -0.338. The second-order valence-electron chi connectivity index (χ2n) is 2.83. The standard InChI is InChI=1S/C9H17.ClH.Mg/c1-3-5-7-9-8-6-4-2;;/h1,3H,4-9H2,2H3;1H;/q;;+1/p-1. The summed E-state index contributed by atoms with van der Waals surface area (Å²) in [5, 5.41) is 0. The third-order valence-electron chi connectivity index (χ3n) is 1.73. The van der Waals surface area contributed by atoms with E-state index in [9.17, 15) is 0 Å². The Morgan fingerprint density at radius 1 is 1.18 bits per heavy atom. The lowest BCUT2D eigenvalue weighted by molar-refractivity contribution is 0.637. The molecule has 0 rings (SSSR count). The lowest BCUT2D eigenvalue weighted by atomic mass is 10.1. The summed E-state index contributed by atoms with van der Waals surface area (Å²) in [4.78, 5) is 0. The van der Waals surface area contributed by atoms with Gasteiger partial charge in [-0.15, -0.1) is 6.08 Å². The smallest absolute Gasteiger partial charge is 0.336 e. The highest BCUT2D eigenvalue weighted by Gasteiger charge is 1.86. The van der Waals surface area contributed by atoms with Gasteiger partial charge in [0.15, 0.2) is 0 Å². The number of hydrogen-bond donors (Lipinski definition) is 0. The highest BCUT2D eigenvalue weighted by molar-refractivity contribution is 6.96. The Labute approximate surface area is 83.9 Å². The van der Waals surface area contributed by atoms with Crippen LogP contribution in [0.2, 0.25) is 0 Å². The van der Waals surface area contributed by atoms with Crippen molar-refractivity contribution in [3.05, 3.63) is 10.3 Å².